The number of amides is 1. The molecule has 0 saturated heterocycles. The van der Waals surface area contributed by atoms with Crippen LogP contribution >= 0.6 is 11.6 Å². The van der Waals surface area contributed by atoms with Gasteiger partial charge >= 0.3 is 0 Å². The molecule has 3 atom stereocenters. The van der Waals surface area contributed by atoms with Gasteiger partial charge in [0.1, 0.15) is 11.3 Å². The summed E-state index contributed by atoms with van der Waals surface area (Å²) in [7, 11) is -0.825. The molecule has 2 fully saturated rings. The molecule has 0 unspecified atom stereocenters. The number of nitrogens with zero attached hydrogens (tertiary/aromatic N) is 1. The van der Waals surface area contributed by atoms with Crippen LogP contribution in [-0.2, 0) is 19.4 Å². The number of nitrogens with one attached hydrogen (secondary N) is 1. The minimum Gasteiger partial charge on any atom is -0.497 e. The van der Waals surface area contributed by atoms with E-state index in [9.17, 15) is 13.2 Å². The van der Waals surface area contributed by atoms with E-state index >= 15 is 0 Å². The normalized spacial score (nSPS) is 26.2. The summed E-state index contributed by atoms with van der Waals surface area (Å²) >= 11 is 6.15. The summed E-state index contributed by atoms with van der Waals surface area (Å²) in [5.74, 6) is -0.499. The van der Waals surface area contributed by atoms with Crippen LogP contribution in [0, 0.1) is 17.2 Å². The van der Waals surface area contributed by atoms with Gasteiger partial charge in [0.05, 0.1) is 40.4 Å². The Hall–Kier alpha value is -1.82. The van der Waals surface area contributed by atoms with Crippen molar-refractivity contribution in [1.82, 2.24) is 5.32 Å². The Bertz CT molecular complexity index is 892. The van der Waals surface area contributed by atoms with E-state index in [4.69, 9.17) is 26.3 Å². The molecule has 1 aromatic carbocycles. The Labute approximate surface area is 163 Å². The van der Waals surface area contributed by atoms with Crippen molar-refractivity contribution >= 4 is 27.3 Å². The van der Waals surface area contributed by atoms with E-state index in [-0.39, 0.29) is 28.7 Å². The smallest absolute Gasteiger partial charge is 0.227 e. The van der Waals surface area contributed by atoms with Crippen molar-refractivity contribution in [2.75, 3.05) is 14.2 Å². The first-order valence-electron chi connectivity index (χ1n) is 8.60. The number of sulfone groups is 1. The van der Waals surface area contributed by atoms with Crippen LogP contribution < -0.4 is 10.1 Å². The number of hydrogen-bond acceptors (Lipinski definition) is 6. The summed E-state index contributed by atoms with van der Waals surface area (Å²) < 4.78 is 36.6. The fourth-order valence-electron chi connectivity index (χ4n) is 3.48. The summed E-state index contributed by atoms with van der Waals surface area (Å²) in [4.78, 5) is 12.6. The first kappa shape index (κ1) is 19.9. The van der Waals surface area contributed by atoms with Gasteiger partial charge in [-0.2, -0.15) is 5.26 Å². The molecule has 0 aliphatic heterocycles. The van der Waals surface area contributed by atoms with Gasteiger partial charge in [0.25, 0.3) is 0 Å². The quantitative estimate of drug-likeness (QED) is 0.766. The fourth-order valence-corrected chi connectivity index (χ4v) is 5.83. The fraction of sp³-hybridized carbons (Fsp3) is 0.556. The van der Waals surface area contributed by atoms with Crippen molar-refractivity contribution < 1.29 is 22.7 Å². The van der Waals surface area contributed by atoms with Gasteiger partial charge in [0, 0.05) is 13.2 Å². The first-order valence-corrected chi connectivity index (χ1v) is 10.5. The summed E-state index contributed by atoms with van der Waals surface area (Å²) in [6, 6.07) is 6.51. The molecule has 146 valence electrons. The molecule has 0 bridgehead atoms. The highest BCUT2D eigenvalue weighted by Crippen LogP contribution is 2.40. The van der Waals surface area contributed by atoms with Gasteiger partial charge in [-0.15, -0.1) is 0 Å². The van der Waals surface area contributed by atoms with Crippen molar-refractivity contribution in [3.05, 3.63) is 23.2 Å². The predicted octanol–water partition coefficient (Wildman–Crippen LogP) is 2.09. The molecule has 0 aromatic heterocycles. The lowest BCUT2D eigenvalue weighted by Crippen LogP contribution is -2.42. The number of methoxy groups -OCH3 is 2. The van der Waals surface area contributed by atoms with Crippen molar-refractivity contribution in [2.45, 2.75) is 47.5 Å². The van der Waals surface area contributed by atoms with Gasteiger partial charge in [-0.05, 0) is 37.8 Å². The zero-order valence-electron chi connectivity index (χ0n) is 15.1. The van der Waals surface area contributed by atoms with E-state index in [1.54, 1.807) is 0 Å². The summed E-state index contributed by atoms with van der Waals surface area (Å²) in [5, 5.41) is 11.2. The average molecular weight is 413 g/mol. The minimum absolute atomic E-state index is 0.0153. The molecule has 2 aliphatic rings. The van der Waals surface area contributed by atoms with E-state index in [1.165, 1.54) is 32.4 Å². The molecule has 9 heteroatoms. The molecule has 2 saturated carbocycles. The third-order valence-electron chi connectivity index (χ3n) is 5.31. The van der Waals surface area contributed by atoms with Crippen LogP contribution in [0.1, 0.15) is 25.7 Å². The molecule has 2 aliphatic carbocycles. The maximum Gasteiger partial charge on any atom is 0.227 e. The number of hydrogen-bond donors (Lipinski definition) is 1. The number of benzene rings is 1. The van der Waals surface area contributed by atoms with Gasteiger partial charge in [0.2, 0.25) is 5.91 Å². The highest BCUT2D eigenvalue weighted by atomic mass is 35.5. The van der Waals surface area contributed by atoms with E-state index in [1.807, 2.05) is 0 Å². The third-order valence-corrected chi connectivity index (χ3v) is 7.97. The molecule has 1 N–H and O–H groups in total. The lowest BCUT2D eigenvalue weighted by atomic mass is 10.0. The summed E-state index contributed by atoms with van der Waals surface area (Å²) in [6.45, 7) is 0. The maximum absolute atomic E-state index is 13.1. The summed E-state index contributed by atoms with van der Waals surface area (Å²) in [5.41, 5.74) is -0.800. The number of rotatable bonds is 6. The van der Waals surface area contributed by atoms with Crippen molar-refractivity contribution in [1.29, 1.82) is 5.26 Å². The molecule has 0 heterocycles. The number of carbonyl (C=O) groups excluding carboxylic acids is 1. The highest BCUT2D eigenvalue weighted by Gasteiger charge is 2.50. The SMILES string of the molecule is COc1ccc(S(=O)(=O)[C@H]2C[C@@H](OC)[C@H](C(=O)NC3(C#N)CC3)C2)c(Cl)c1. The van der Waals surface area contributed by atoms with Crippen molar-refractivity contribution in [2.24, 2.45) is 5.92 Å². The molecule has 1 aromatic rings. The molecular weight excluding hydrogens is 392 g/mol. The van der Waals surface area contributed by atoms with E-state index < -0.39 is 32.6 Å². The molecule has 3 rings (SSSR count). The van der Waals surface area contributed by atoms with Crippen LogP contribution in [0.2, 0.25) is 5.02 Å². The van der Waals surface area contributed by atoms with Gasteiger partial charge < -0.3 is 14.8 Å². The van der Waals surface area contributed by atoms with Crippen LogP contribution in [-0.4, -0.2) is 45.4 Å². The van der Waals surface area contributed by atoms with Gasteiger partial charge in [-0.25, -0.2) is 8.42 Å². The third kappa shape index (κ3) is 3.77. The zero-order chi connectivity index (χ0) is 19.8. The number of ether oxygens (including phenoxy) is 2. The lowest BCUT2D eigenvalue weighted by Gasteiger charge is -2.19. The Kier molecular flexibility index (Phi) is 5.39. The Morgan fingerprint density at radius 2 is 2.04 bits per heavy atom. The second-order valence-electron chi connectivity index (χ2n) is 7.00. The second kappa shape index (κ2) is 7.30. The van der Waals surface area contributed by atoms with E-state index in [0.717, 1.165) is 0 Å². The van der Waals surface area contributed by atoms with E-state index in [0.29, 0.717) is 18.6 Å². The van der Waals surface area contributed by atoms with Crippen LogP contribution in [0.4, 0.5) is 0 Å². The van der Waals surface area contributed by atoms with Crippen molar-refractivity contribution in [3.8, 4) is 11.8 Å². The Balaban J connectivity index is 1.81. The van der Waals surface area contributed by atoms with Crippen molar-refractivity contribution in [3.63, 3.8) is 0 Å². The average Bonchev–Trinajstić information content (AvgIpc) is 3.27. The molecule has 0 radical (unpaired) electrons. The van der Waals surface area contributed by atoms with Crippen LogP contribution in [0.25, 0.3) is 0 Å². The first-order chi connectivity index (χ1) is 12.8. The number of nitriles is 1. The van der Waals surface area contributed by atoms with Crippen LogP contribution in [0.15, 0.2) is 23.1 Å². The molecule has 7 nitrogen and oxygen atoms in total. The second-order valence-corrected chi connectivity index (χ2v) is 9.60. The predicted molar refractivity (Wildman–Crippen MR) is 98.2 cm³/mol. The molecule has 1 amide bonds. The molecule has 27 heavy (non-hydrogen) atoms. The van der Waals surface area contributed by atoms with Gasteiger partial charge in [-0.3, -0.25) is 4.79 Å². The Morgan fingerprint density at radius 1 is 1.33 bits per heavy atom. The van der Waals surface area contributed by atoms with Gasteiger partial charge in [-0.1, -0.05) is 11.6 Å². The van der Waals surface area contributed by atoms with E-state index in [2.05, 4.69) is 11.4 Å². The minimum atomic E-state index is -3.75. The molecule has 0 spiro atoms. The monoisotopic (exact) mass is 412 g/mol. The largest absolute Gasteiger partial charge is 0.497 e. The van der Waals surface area contributed by atoms with Crippen LogP contribution in [0.3, 0.4) is 0 Å². The lowest BCUT2D eigenvalue weighted by molar-refractivity contribution is -0.128. The maximum atomic E-state index is 13.1. The number of carbonyl (C=O) groups is 1. The van der Waals surface area contributed by atoms with Gasteiger partial charge in [0.15, 0.2) is 9.84 Å². The standard InChI is InChI=1S/C18H21ClN2O5S/c1-25-11-3-4-16(14(19)7-11)27(23,24)12-8-13(15(9-12)26-2)17(22)21-18(10-20)5-6-18/h3-4,7,12-13,15H,5-6,8-9H2,1-2H3,(H,21,22)/t12-,13-,15-/m1/s1. The zero-order valence-corrected chi connectivity index (χ0v) is 16.6. The van der Waals surface area contributed by atoms with Crippen LogP contribution in [0.5, 0.6) is 5.75 Å². The summed E-state index contributed by atoms with van der Waals surface area (Å²) in [6.07, 6.45) is 1.01. The number of halogens is 1. The molecular formula is C18H21ClN2O5S. The highest BCUT2D eigenvalue weighted by molar-refractivity contribution is 7.92. The topological polar surface area (TPSA) is 105 Å². The Morgan fingerprint density at radius 3 is 2.56 bits per heavy atom.